The number of hydrogen-bond donors (Lipinski definition) is 1. The van der Waals surface area contributed by atoms with Crippen molar-refractivity contribution in [2.75, 3.05) is 6.54 Å². The molecule has 0 bridgehead atoms. The highest BCUT2D eigenvalue weighted by Crippen LogP contribution is 2.40. The molecular formula is C12H17Cl2NO2. The maximum Gasteiger partial charge on any atom is 0.320 e. The van der Waals surface area contributed by atoms with Gasteiger partial charge in [0.25, 0.3) is 0 Å². The van der Waals surface area contributed by atoms with E-state index in [0.717, 1.165) is 19.3 Å². The van der Waals surface area contributed by atoms with Gasteiger partial charge in [-0.3, -0.25) is 9.69 Å². The van der Waals surface area contributed by atoms with Gasteiger partial charge in [-0.25, -0.2) is 0 Å². The number of aliphatic carboxylic acids is 1. The summed E-state index contributed by atoms with van der Waals surface area (Å²) in [6.45, 7) is 0.461. The molecule has 1 saturated heterocycles. The van der Waals surface area contributed by atoms with E-state index >= 15 is 0 Å². The van der Waals surface area contributed by atoms with Crippen LogP contribution in [0.5, 0.6) is 0 Å². The predicted molar refractivity (Wildman–Crippen MR) is 68.3 cm³/mol. The highest BCUT2D eigenvalue weighted by Gasteiger charge is 2.45. The highest BCUT2D eigenvalue weighted by atomic mass is 35.5. The van der Waals surface area contributed by atoms with Gasteiger partial charge in [-0.15, -0.1) is 0 Å². The van der Waals surface area contributed by atoms with Gasteiger partial charge in [0.15, 0.2) is 0 Å². The molecule has 3 unspecified atom stereocenters. The van der Waals surface area contributed by atoms with Gasteiger partial charge in [0.05, 0.1) is 0 Å². The van der Waals surface area contributed by atoms with Crippen molar-refractivity contribution in [1.29, 1.82) is 0 Å². The highest BCUT2D eigenvalue weighted by molar-refractivity contribution is 6.36. The Morgan fingerprint density at radius 3 is 2.76 bits per heavy atom. The predicted octanol–water partition coefficient (Wildman–Crippen LogP) is 3.02. The van der Waals surface area contributed by atoms with E-state index in [2.05, 4.69) is 0 Å². The summed E-state index contributed by atoms with van der Waals surface area (Å²) in [5.74, 6) is -0.219. The standard InChI is InChI=1S/C12H17Cl2NO2/c13-6-9(14)7-15-10-4-2-1-3-8(10)5-11(15)12(16)17/h6,8,10-11H,1-5,7H2,(H,16,17). The van der Waals surface area contributed by atoms with E-state index in [1.165, 1.54) is 18.4 Å². The van der Waals surface area contributed by atoms with E-state index in [1.807, 2.05) is 4.90 Å². The lowest BCUT2D eigenvalue weighted by atomic mass is 9.85. The second-order valence-electron chi connectivity index (χ2n) is 4.93. The summed E-state index contributed by atoms with van der Waals surface area (Å²) < 4.78 is 0. The number of hydrogen-bond acceptors (Lipinski definition) is 2. The first kappa shape index (κ1) is 13.2. The lowest BCUT2D eigenvalue weighted by molar-refractivity contribution is -0.142. The van der Waals surface area contributed by atoms with Crippen molar-refractivity contribution in [1.82, 2.24) is 4.90 Å². The Balaban J connectivity index is 2.14. The van der Waals surface area contributed by atoms with Gasteiger partial charge in [0.1, 0.15) is 6.04 Å². The van der Waals surface area contributed by atoms with Gasteiger partial charge in [0, 0.05) is 23.2 Å². The van der Waals surface area contributed by atoms with Crippen LogP contribution in [0.1, 0.15) is 32.1 Å². The molecule has 1 aliphatic carbocycles. The van der Waals surface area contributed by atoms with Crippen molar-refractivity contribution < 1.29 is 9.90 Å². The van der Waals surface area contributed by atoms with Crippen LogP contribution in [0.4, 0.5) is 0 Å². The Morgan fingerprint density at radius 1 is 1.41 bits per heavy atom. The zero-order valence-electron chi connectivity index (χ0n) is 9.61. The first-order valence-electron chi connectivity index (χ1n) is 6.06. The third kappa shape index (κ3) is 2.78. The molecule has 0 aromatic carbocycles. The van der Waals surface area contributed by atoms with Crippen LogP contribution in [0.2, 0.25) is 0 Å². The number of halogens is 2. The summed E-state index contributed by atoms with van der Waals surface area (Å²) in [4.78, 5) is 13.3. The van der Waals surface area contributed by atoms with Crippen molar-refractivity contribution in [3.05, 3.63) is 10.6 Å². The minimum atomic E-state index is -0.738. The van der Waals surface area contributed by atoms with Crippen LogP contribution >= 0.6 is 23.2 Å². The van der Waals surface area contributed by atoms with Crippen molar-refractivity contribution in [3.8, 4) is 0 Å². The van der Waals surface area contributed by atoms with Crippen LogP contribution < -0.4 is 0 Å². The molecule has 1 N–H and O–H groups in total. The summed E-state index contributed by atoms with van der Waals surface area (Å²) in [6, 6.07) is -0.0244. The summed E-state index contributed by atoms with van der Waals surface area (Å²) in [5, 5.41) is 9.80. The zero-order chi connectivity index (χ0) is 12.4. The van der Waals surface area contributed by atoms with E-state index in [9.17, 15) is 9.90 Å². The Labute approximate surface area is 111 Å². The lowest BCUT2D eigenvalue weighted by Gasteiger charge is -2.32. The molecule has 5 heteroatoms. The second-order valence-corrected chi connectivity index (χ2v) is 5.63. The molecule has 0 aromatic rings. The first-order chi connectivity index (χ1) is 8.13. The molecule has 0 radical (unpaired) electrons. The maximum absolute atomic E-state index is 11.3. The summed E-state index contributed by atoms with van der Waals surface area (Å²) in [6.07, 6.45) is 5.40. The van der Waals surface area contributed by atoms with Crippen LogP contribution in [0, 0.1) is 5.92 Å². The third-order valence-corrected chi connectivity index (χ3v) is 4.56. The summed E-state index contributed by atoms with van der Waals surface area (Å²) >= 11 is 11.5. The number of likely N-dealkylation sites (tertiary alicyclic amines) is 1. The normalized spacial score (nSPS) is 34.7. The molecule has 96 valence electrons. The van der Waals surface area contributed by atoms with Gasteiger partial charge in [-0.05, 0) is 25.2 Å². The van der Waals surface area contributed by atoms with E-state index in [-0.39, 0.29) is 0 Å². The SMILES string of the molecule is O=C(O)C1CC2CCCCC2N1CC(Cl)=CCl. The topological polar surface area (TPSA) is 40.5 Å². The van der Waals surface area contributed by atoms with Crippen LogP contribution in [0.15, 0.2) is 10.6 Å². The first-order valence-corrected chi connectivity index (χ1v) is 6.88. The number of nitrogens with zero attached hydrogens (tertiary/aromatic N) is 1. The molecule has 1 heterocycles. The Morgan fingerprint density at radius 2 is 2.12 bits per heavy atom. The molecule has 17 heavy (non-hydrogen) atoms. The maximum atomic E-state index is 11.3. The van der Waals surface area contributed by atoms with Gasteiger partial charge >= 0.3 is 5.97 Å². The fourth-order valence-corrected chi connectivity index (χ4v) is 3.44. The fraction of sp³-hybridized carbons (Fsp3) is 0.750. The summed E-state index contributed by atoms with van der Waals surface area (Å²) in [5.41, 5.74) is 1.33. The van der Waals surface area contributed by atoms with E-state index in [4.69, 9.17) is 23.2 Å². The Kier molecular flexibility index (Phi) is 4.34. The number of fused-ring (bicyclic) bond motifs is 1. The Bertz CT molecular complexity index is 332. The Hall–Kier alpha value is -0.250. The number of carbonyl (C=O) groups is 1. The molecular weight excluding hydrogens is 261 g/mol. The minimum absolute atomic E-state index is 0.371. The van der Waals surface area contributed by atoms with Gasteiger partial charge in [0.2, 0.25) is 0 Å². The molecule has 1 aliphatic heterocycles. The lowest BCUT2D eigenvalue weighted by Crippen LogP contribution is -2.42. The van der Waals surface area contributed by atoms with Crippen molar-refractivity contribution in [3.63, 3.8) is 0 Å². The largest absolute Gasteiger partial charge is 0.480 e. The van der Waals surface area contributed by atoms with Crippen molar-refractivity contribution in [2.45, 2.75) is 44.2 Å². The molecule has 2 fully saturated rings. The molecule has 1 saturated carbocycles. The van der Waals surface area contributed by atoms with Gasteiger partial charge < -0.3 is 5.11 Å². The fourth-order valence-electron chi connectivity index (χ4n) is 3.23. The monoisotopic (exact) mass is 277 g/mol. The van der Waals surface area contributed by atoms with Gasteiger partial charge in [-0.2, -0.15) is 0 Å². The molecule has 0 spiro atoms. The molecule has 2 rings (SSSR count). The van der Waals surface area contributed by atoms with Crippen LogP contribution in [-0.4, -0.2) is 34.6 Å². The molecule has 2 aliphatic rings. The van der Waals surface area contributed by atoms with E-state index in [0.29, 0.717) is 23.5 Å². The van der Waals surface area contributed by atoms with E-state index in [1.54, 1.807) is 0 Å². The van der Waals surface area contributed by atoms with Crippen LogP contribution in [-0.2, 0) is 4.79 Å². The van der Waals surface area contributed by atoms with Crippen molar-refractivity contribution in [2.24, 2.45) is 5.92 Å². The smallest absolute Gasteiger partial charge is 0.320 e. The minimum Gasteiger partial charge on any atom is -0.480 e. The molecule has 3 nitrogen and oxygen atoms in total. The van der Waals surface area contributed by atoms with Gasteiger partial charge in [-0.1, -0.05) is 36.0 Å². The average Bonchev–Trinajstić information content (AvgIpc) is 2.68. The second kappa shape index (κ2) is 5.59. The van der Waals surface area contributed by atoms with E-state index < -0.39 is 12.0 Å². The average molecular weight is 278 g/mol. The molecule has 3 atom stereocenters. The quantitative estimate of drug-likeness (QED) is 0.862. The zero-order valence-corrected chi connectivity index (χ0v) is 11.1. The molecule has 0 aromatic heterocycles. The number of carboxylic acids is 1. The molecule has 0 amide bonds. The van der Waals surface area contributed by atoms with Crippen LogP contribution in [0.3, 0.4) is 0 Å². The number of rotatable bonds is 3. The summed E-state index contributed by atoms with van der Waals surface area (Å²) in [7, 11) is 0. The van der Waals surface area contributed by atoms with Crippen LogP contribution in [0.25, 0.3) is 0 Å². The van der Waals surface area contributed by atoms with Crippen molar-refractivity contribution >= 4 is 29.2 Å². The number of carboxylic acid groups (broad SMARTS) is 1. The third-order valence-electron chi connectivity index (χ3n) is 3.96.